The summed E-state index contributed by atoms with van der Waals surface area (Å²) in [6.07, 6.45) is 5.51. The summed E-state index contributed by atoms with van der Waals surface area (Å²) >= 11 is 0. The molecule has 2 aliphatic heterocycles. The molecule has 0 unspecified atom stereocenters. The van der Waals surface area contributed by atoms with Gasteiger partial charge in [-0.1, -0.05) is 6.92 Å². The molecule has 0 bridgehead atoms. The van der Waals surface area contributed by atoms with Crippen LogP contribution in [0.1, 0.15) is 32.6 Å². The second-order valence-corrected chi connectivity index (χ2v) is 4.07. The molecule has 0 aromatic rings. The van der Waals surface area contributed by atoms with Crippen LogP contribution in [0.5, 0.6) is 0 Å². The van der Waals surface area contributed by atoms with Crippen molar-refractivity contribution in [1.82, 2.24) is 10.2 Å². The van der Waals surface area contributed by atoms with Gasteiger partial charge in [0.1, 0.15) is 0 Å². The fourth-order valence-corrected chi connectivity index (χ4v) is 2.68. The third-order valence-corrected chi connectivity index (χ3v) is 3.36. The van der Waals surface area contributed by atoms with Gasteiger partial charge >= 0.3 is 0 Å². The number of likely N-dealkylation sites (tertiary alicyclic amines) is 1. The first-order valence-electron chi connectivity index (χ1n) is 5.39. The van der Waals surface area contributed by atoms with Crippen molar-refractivity contribution in [2.45, 2.75) is 44.7 Å². The van der Waals surface area contributed by atoms with Gasteiger partial charge in [-0.25, -0.2) is 0 Å². The van der Waals surface area contributed by atoms with Crippen molar-refractivity contribution >= 4 is 0 Å². The summed E-state index contributed by atoms with van der Waals surface area (Å²) in [5, 5.41) is 3.59. The first-order chi connectivity index (χ1) is 5.92. The van der Waals surface area contributed by atoms with Crippen LogP contribution in [0.4, 0.5) is 0 Å². The molecule has 70 valence electrons. The summed E-state index contributed by atoms with van der Waals surface area (Å²) in [6, 6.07) is 1.64. The number of hydrogen-bond acceptors (Lipinski definition) is 2. The Bertz CT molecular complexity index is 141. The van der Waals surface area contributed by atoms with Crippen LogP contribution in [0, 0.1) is 0 Å². The van der Waals surface area contributed by atoms with Crippen molar-refractivity contribution in [1.29, 1.82) is 0 Å². The predicted molar refractivity (Wildman–Crippen MR) is 51.3 cm³/mol. The molecule has 0 spiro atoms. The topological polar surface area (TPSA) is 15.3 Å². The van der Waals surface area contributed by atoms with E-state index in [0.29, 0.717) is 0 Å². The maximum atomic E-state index is 3.59. The number of rotatable bonds is 2. The van der Waals surface area contributed by atoms with E-state index in [0.717, 1.165) is 12.1 Å². The van der Waals surface area contributed by atoms with Gasteiger partial charge in [0, 0.05) is 12.1 Å². The van der Waals surface area contributed by atoms with Crippen LogP contribution in [0.25, 0.3) is 0 Å². The normalized spacial score (nSPS) is 37.8. The summed E-state index contributed by atoms with van der Waals surface area (Å²) in [6.45, 7) is 6.23. The van der Waals surface area contributed by atoms with Crippen molar-refractivity contribution in [3.63, 3.8) is 0 Å². The van der Waals surface area contributed by atoms with Crippen molar-refractivity contribution in [2.24, 2.45) is 0 Å². The van der Waals surface area contributed by atoms with Crippen LogP contribution < -0.4 is 5.32 Å². The summed E-state index contributed by atoms with van der Waals surface area (Å²) in [4.78, 5) is 2.69. The maximum absolute atomic E-state index is 3.59. The lowest BCUT2D eigenvalue weighted by atomic mass is 10.1. The first-order valence-corrected chi connectivity index (χ1v) is 5.39. The monoisotopic (exact) mass is 168 g/mol. The Morgan fingerprint density at radius 1 is 1.33 bits per heavy atom. The molecule has 2 heterocycles. The lowest BCUT2D eigenvalue weighted by Crippen LogP contribution is -2.41. The van der Waals surface area contributed by atoms with Gasteiger partial charge in [0.2, 0.25) is 0 Å². The molecule has 2 rings (SSSR count). The minimum Gasteiger partial charge on any atom is -0.312 e. The Kier molecular flexibility index (Phi) is 2.66. The molecule has 2 heteroatoms. The minimum atomic E-state index is 0.781. The molecule has 0 radical (unpaired) electrons. The second-order valence-electron chi connectivity index (χ2n) is 4.07. The largest absolute Gasteiger partial charge is 0.312 e. The Labute approximate surface area is 75.3 Å². The van der Waals surface area contributed by atoms with Gasteiger partial charge in [0.05, 0.1) is 0 Å². The Morgan fingerprint density at radius 3 is 2.75 bits per heavy atom. The quantitative estimate of drug-likeness (QED) is 0.667. The molecular weight excluding hydrogens is 148 g/mol. The van der Waals surface area contributed by atoms with Crippen molar-refractivity contribution < 1.29 is 0 Å². The molecule has 2 aliphatic rings. The van der Waals surface area contributed by atoms with Gasteiger partial charge in [-0.2, -0.15) is 0 Å². The van der Waals surface area contributed by atoms with E-state index in [2.05, 4.69) is 17.1 Å². The average Bonchev–Trinajstić information content (AvgIpc) is 2.74. The molecule has 2 nitrogen and oxygen atoms in total. The smallest absolute Gasteiger partial charge is 0.0261 e. The Hall–Kier alpha value is -0.0800. The zero-order chi connectivity index (χ0) is 8.39. The second kappa shape index (κ2) is 3.75. The van der Waals surface area contributed by atoms with E-state index >= 15 is 0 Å². The van der Waals surface area contributed by atoms with E-state index in [9.17, 15) is 0 Å². The van der Waals surface area contributed by atoms with Crippen molar-refractivity contribution in [3.05, 3.63) is 0 Å². The SMILES string of the molecule is CC[C@H]1NCC[C@@H]1N1CCCC1. The highest BCUT2D eigenvalue weighted by atomic mass is 15.2. The molecule has 2 fully saturated rings. The zero-order valence-electron chi connectivity index (χ0n) is 8.05. The number of nitrogens with one attached hydrogen (secondary N) is 1. The zero-order valence-corrected chi connectivity index (χ0v) is 8.05. The van der Waals surface area contributed by atoms with E-state index in [1.807, 2.05) is 0 Å². The van der Waals surface area contributed by atoms with Gasteiger partial charge in [-0.3, -0.25) is 4.90 Å². The summed E-state index contributed by atoms with van der Waals surface area (Å²) < 4.78 is 0. The van der Waals surface area contributed by atoms with E-state index in [4.69, 9.17) is 0 Å². The van der Waals surface area contributed by atoms with E-state index in [1.54, 1.807) is 0 Å². The van der Waals surface area contributed by atoms with E-state index in [1.165, 1.54) is 45.3 Å². The first kappa shape index (κ1) is 8.52. The molecule has 0 aromatic carbocycles. The molecule has 0 aliphatic carbocycles. The lowest BCUT2D eigenvalue weighted by molar-refractivity contribution is 0.220. The molecular formula is C10H20N2. The maximum Gasteiger partial charge on any atom is 0.0261 e. The van der Waals surface area contributed by atoms with Gasteiger partial charge in [0.25, 0.3) is 0 Å². The van der Waals surface area contributed by atoms with Gasteiger partial charge in [-0.15, -0.1) is 0 Å². The Morgan fingerprint density at radius 2 is 2.08 bits per heavy atom. The highest BCUT2D eigenvalue weighted by Crippen LogP contribution is 2.21. The Balaban J connectivity index is 1.92. The van der Waals surface area contributed by atoms with Crippen molar-refractivity contribution in [3.8, 4) is 0 Å². The summed E-state index contributed by atoms with van der Waals surface area (Å²) in [5.74, 6) is 0. The van der Waals surface area contributed by atoms with Gasteiger partial charge in [-0.05, 0) is 45.3 Å². The number of nitrogens with zero attached hydrogens (tertiary/aromatic N) is 1. The molecule has 2 saturated heterocycles. The standard InChI is InChI=1S/C10H20N2/c1-2-9-10(5-6-11-9)12-7-3-4-8-12/h9-11H,2-8H2,1H3/t9-,10+/m1/s1. The fourth-order valence-electron chi connectivity index (χ4n) is 2.68. The average molecular weight is 168 g/mol. The van der Waals surface area contributed by atoms with Gasteiger partial charge in [0.15, 0.2) is 0 Å². The molecule has 12 heavy (non-hydrogen) atoms. The molecule has 1 N–H and O–H groups in total. The highest BCUT2D eigenvalue weighted by Gasteiger charge is 2.31. The third kappa shape index (κ3) is 1.50. The molecule has 0 amide bonds. The van der Waals surface area contributed by atoms with E-state index < -0.39 is 0 Å². The number of hydrogen-bond donors (Lipinski definition) is 1. The van der Waals surface area contributed by atoms with Gasteiger partial charge < -0.3 is 5.32 Å². The molecule has 0 saturated carbocycles. The highest BCUT2D eigenvalue weighted by molar-refractivity contribution is 4.91. The van der Waals surface area contributed by atoms with Crippen LogP contribution >= 0.6 is 0 Å². The third-order valence-electron chi connectivity index (χ3n) is 3.36. The van der Waals surface area contributed by atoms with Crippen molar-refractivity contribution in [2.75, 3.05) is 19.6 Å². The molecule has 0 aromatic heterocycles. The summed E-state index contributed by atoms with van der Waals surface area (Å²) in [5.41, 5.74) is 0. The van der Waals surface area contributed by atoms with Crippen LogP contribution in [0.15, 0.2) is 0 Å². The summed E-state index contributed by atoms with van der Waals surface area (Å²) in [7, 11) is 0. The molecule has 2 atom stereocenters. The fraction of sp³-hybridized carbons (Fsp3) is 1.00. The van der Waals surface area contributed by atoms with Crippen LogP contribution in [-0.2, 0) is 0 Å². The lowest BCUT2D eigenvalue weighted by Gasteiger charge is -2.27. The van der Waals surface area contributed by atoms with E-state index in [-0.39, 0.29) is 0 Å². The minimum absolute atomic E-state index is 0.781. The predicted octanol–water partition coefficient (Wildman–Crippen LogP) is 1.22. The van der Waals surface area contributed by atoms with Crippen LogP contribution in [0.3, 0.4) is 0 Å². The van der Waals surface area contributed by atoms with Crippen LogP contribution in [0.2, 0.25) is 0 Å². The van der Waals surface area contributed by atoms with Crippen LogP contribution in [-0.4, -0.2) is 36.6 Å².